The maximum atomic E-state index is 11.4. The summed E-state index contributed by atoms with van der Waals surface area (Å²) in [6.45, 7) is 8.22. The molecule has 1 fully saturated rings. The molecule has 0 bridgehead atoms. The van der Waals surface area contributed by atoms with E-state index < -0.39 is 9.84 Å². The Kier molecular flexibility index (Phi) is 7.77. The van der Waals surface area contributed by atoms with Gasteiger partial charge in [0.05, 0.1) is 5.75 Å². The lowest BCUT2D eigenvalue weighted by Crippen LogP contribution is -2.49. The number of aromatic amines is 1. The minimum atomic E-state index is -2.90. The number of hydrogen-bond donors (Lipinski definition) is 3. The number of sulfone groups is 1. The highest BCUT2D eigenvalue weighted by atomic mass is 32.2. The molecule has 166 valence electrons. The molecule has 3 rings (SSSR count). The Morgan fingerprint density at radius 3 is 2.77 bits per heavy atom. The number of rotatable bonds is 8. The molecule has 1 aromatic carbocycles. The number of aliphatic imine (C=N–C) groups is 1. The zero-order chi connectivity index (χ0) is 21.6. The number of fused-ring (bicyclic) bond motifs is 1. The molecule has 1 saturated heterocycles. The van der Waals surface area contributed by atoms with Gasteiger partial charge in [0.1, 0.15) is 9.84 Å². The predicted molar refractivity (Wildman–Crippen MR) is 125 cm³/mol. The second-order valence-electron chi connectivity index (χ2n) is 8.21. The van der Waals surface area contributed by atoms with Gasteiger partial charge in [0.15, 0.2) is 5.96 Å². The van der Waals surface area contributed by atoms with E-state index in [-0.39, 0.29) is 5.75 Å². The number of nitrogens with zero attached hydrogens (tertiary/aromatic N) is 2. The van der Waals surface area contributed by atoms with Crippen LogP contribution < -0.4 is 10.6 Å². The van der Waals surface area contributed by atoms with Crippen molar-refractivity contribution in [2.45, 2.75) is 39.2 Å². The number of aromatic nitrogens is 1. The van der Waals surface area contributed by atoms with Crippen molar-refractivity contribution in [2.24, 2.45) is 4.99 Å². The minimum absolute atomic E-state index is 0.239. The maximum Gasteiger partial charge on any atom is 0.191 e. The molecule has 0 unspecified atom stereocenters. The average Bonchev–Trinajstić information content (AvgIpc) is 3.11. The lowest BCUT2D eigenvalue weighted by Gasteiger charge is -2.32. The molecule has 2 aromatic rings. The number of guanidine groups is 1. The van der Waals surface area contributed by atoms with Crippen molar-refractivity contribution in [1.29, 1.82) is 0 Å². The number of H-pyrrole nitrogens is 1. The first-order valence-corrected chi connectivity index (χ1v) is 12.9. The largest absolute Gasteiger partial charge is 0.361 e. The van der Waals surface area contributed by atoms with Crippen LogP contribution in [0.15, 0.2) is 29.4 Å². The Labute approximate surface area is 180 Å². The zero-order valence-electron chi connectivity index (χ0n) is 18.4. The van der Waals surface area contributed by atoms with Crippen LogP contribution >= 0.6 is 0 Å². The smallest absolute Gasteiger partial charge is 0.191 e. The third-order valence-corrected chi connectivity index (χ3v) is 6.64. The second-order valence-corrected chi connectivity index (χ2v) is 10.5. The highest BCUT2D eigenvalue weighted by molar-refractivity contribution is 7.90. The Balaban J connectivity index is 1.50. The second kappa shape index (κ2) is 10.3. The molecule has 7 nitrogen and oxygen atoms in total. The van der Waals surface area contributed by atoms with Crippen LogP contribution in [-0.4, -0.2) is 75.0 Å². The number of hydrogen-bond acceptors (Lipinski definition) is 4. The molecule has 8 heteroatoms. The number of likely N-dealkylation sites (tertiary alicyclic amines) is 1. The van der Waals surface area contributed by atoms with Crippen LogP contribution in [0.1, 0.15) is 30.9 Å². The van der Waals surface area contributed by atoms with Crippen molar-refractivity contribution in [3.8, 4) is 0 Å². The van der Waals surface area contributed by atoms with E-state index in [1.165, 1.54) is 28.3 Å². The van der Waals surface area contributed by atoms with Gasteiger partial charge in [0.25, 0.3) is 0 Å². The molecular formula is C22H35N5O2S. The molecule has 0 amide bonds. The highest BCUT2D eigenvalue weighted by Gasteiger charge is 2.20. The van der Waals surface area contributed by atoms with Gasteiger partial charge < -0.3 is 20.5 Å². The molecule has 1 aromatic heterocycles. The fraction of sp³-hybridized carbons (Fsp3) is 0.591. The molecule has 1 aliphatic heterocycles. The molecule has 0 aliphatic carbocycles. The SMILES string of the molecule is CCNC(=NCCc1c[nH]c2c(C)cccc12)NC1CCN(CCS(C)(=O)=O)CC1. The molecule has 1 aliphatic rings. The highest BCUT2D eigenvalue weighted by Crippen LogP contribution is 2.21. The van der Waals surface area contributed by atoms with Crippen LogP contribution in [0.4, 0.5) is 0 Å². The molecule has 0 atom stereocenters. The summed E-state index contributed by atoms with van der Waals surface area (Å²) in [5, 5.41) is 8.20. The molecule has 30 heavy (non-hydrogen) atoms. The standard InChI is InChI=1S/C22H35N5O2S/c1-4-23-22(26-19-9-12-27(13-10-19)14-15-30(3,28)29)24-11-8-18-16-25-21-17(2)6-5-7-20(18)21/h5-7,16,19,25H,4,8-15H2,1-3H3,(H2,23,24,26). The summed E-state index contributed by atoms with van der Waals surface area (Å²) in [5.74, 6) is 1.10. The average molecular weight is 434 g/mol. The van der Waals surface area contributed by atoms with Gasteiger partial charge >= 0.3 is 0 Å². The van der Waals surface area contributed by atoms with Gasteiger partial charge in [-0.1, -0.05) is 18.2 Å². The molecule has 0 spiro atoms. The summed E-state index contributed by atoms with van der Waals surface area (Å²) < 4.78 is 22.7. The van der Waals surface area contributed by atoms with E-state index in [4.69, 9.17) is 4.99 Å². The van der Waals surface area contributed by atoms with Crippen LogP contribution in [0.3, 0.4) is 0 Å². The van der Waals surface area contributed by atoms with Crippen molar-refractivity contribution in [2.75, 3.05) is 44.7 Å². The van der Waals surface area contributed by atoms with E-state index in [1.807, 2.05) is 0 Å². The molecule has 3 N–H and O–H groups in total. The third-order valence-electron chi connectivity index (χ3n) is 5.71. The lowest BCUT2D eigenvalue weighted by molar-refractivity contribution is 0.216. The monoisotopic (exact) mass is 433 g/mol. The van der Waals surface area contributed by atoms with Crippen molar-refractivity contribution in [3.05, 3.63) is 35.5 Å². The summed E-state index contributed by atoms with van der Waals surface area (Å²) in [6, 6.07) is 6.76. The van der Waals surface area contributed by atoms with Crippen molar-refractivity contribution >= 4 is 26.7 Å². The minimum Gasteiger partial charge on any atom is -0.361 e. The summed E-state index contributed by atoms with van der Waals surface area (Å²) in [6.07, 6.45) is 6.29. The van der Waals surface area contributed by atoms with Crippen molar-refractivity contribution in [1.82, 2.24) is 20.5 Å². The quantitative estimate of drug-likeness (QED) is 0.438. The maximum absolute atomic E-state index is 11.4. The number of para-hydroxylation sites is 1. The van der Waals surface area contributed by atoms with Gasteiger partial charge in [-0.3, -0.25) is 4.99 Å². The summed E-state index contributed by atoms with van der Waals surface area (Å²) in [4.78, 5) is 10.4. The van der Waals surface area contributed by atoms with Gasteiger partial charge in [-0.2, -0.15) is 0 Å². The van der Waals surface area contributed by atoms with Gasteiger partial charge in [-0.05, 0) is 44.2 Å². The first kappa shape index (κ1) is 22.6. The third kappa shape index (κ3) is 6.47. The number of piperidine rings is 1. The van der Waals surface area contributed by atoms with E-state index in [1.54, 1.807) is 0 Å². The molecule has 0 radical (unpaired) electrons. The summed E-state index contributed by atoms with van der Waals surface area (Å²) in [5.41, 5.74) is 3.77. The van der Waals surface area contributed by atoms with E-state index >= 15 is 0 Å². The summed E-state index contributed by atoms with van der Waals surface area (Å²) >= 11 is 0. The van der Waals surface area contributed by atoms with E-state index in [0.717, 1.165) is 51.4 Å². The fourth-order valence-corrected chi connectivity index (χ4v) is 4.56. The lowest BCUT2D eigenvalue weighted by atomic mass is 10.1. The fourth-order valence-electron chi connectivity index (χ4n) is 3.97. The van der Waals surface area contributed by atoms with Crippen LogP contribution in [0.5, 0.6) is 0 Å². The van der Waals surface area contributed by atoms with Crippen molar-refractivity contribution < 1.29 is 8.42 Å². The van der Waals surface area contributed by atoms with Gasteiger partial charge in [0, 0.05) is 62.1 Å². The topological polar surface area (TPSA) is 89.6 Å². The van der Waals surface area contributed by atoms with E-state index in [2.05, 4.69) is 58.8 Å². The predicted octanol–water partition coefficient (Wildman–Crippen LogP) is 2.08. The van der Waals surface area contributed by atoms with Gasteiger partial charge in [-0.15, -0.1) is 0 Å². The number of benzene rings is 1. The Bertz CT molecular complexity index is 959. The Hall–Kier alpha value is -2.06. The van der Waals surface area contributed by atoms with Gasteiger partial charge in [-0.25, -0.2) is 8.42 Å². The van der Waals surface area contributed by atoms with Crippen molar-refractivity contribution in [3.63, 3.8) is 0 Å². The van der Waals surface area contributed by atoms with Crippen LogP contribution in [-0.2, 0) is 16.3 Å². The molecule has 0 saturated carbocycles. The van der Waals surface area contributed by atoms with Crippen LogP contribution in [0, 0.1) is 6.92 Å². The van der Waals surface area contributed by atoms with Gasteiger partial charge in [0.2, 0.25) is 0 Å². The zero-order valence-corrected chi connectivity index (χ0v) is 19.2. The number of nitrogens with one attached hydrogen (secondary N) is 3. The van der Waals surface area contributed by atoms with E-state index in [9.17, 15) is 8.42 Å². The number of aryl methyl sites for hydroxylation is 1. The van der Waals surface area contributed by atoms with Crippen LogP contribution in [0.25, 0.3) is 10.9 Å². The van der Waals surface area contributed by atoms with Crippen LogP contribution in [0.2, 0.25) is 0 Å². The van der Waals surface area contributed by atoms with E-state index in [0.29, 0.717) is 12.6 Å². The molecule has 2 heterocycles. The first-order chi connectivity index (χ1) is 14.4. The Morgan fingerprint density at radius 1 is 1.30 bits per heavy atom. The summed E-state index contributed by atoms with van der Waals surface area (Å²) in [7, 11) is -2.90. The Morgan fingerprint density at radius 2 is 2.07 bits per heavy atom. The molecular weight excluding hydrogens is 398 g/mol. The normalized spacial score (nSPS) is 16.8. The first-order valence-electron chi connectivity index (χ1n) is 10.9.